The number of nitrogens with zero attached hydrogens (tertiary/aromatic N) is 2. The summed E-state index contributed by atoms with van der Waals surface area (Å²) in [6, 6.07) is 8.46. The first-order valence-corrected chi connectivity index (χ1v) is 8.12. The van der Waals surface area contributed by atoms with E-state index in [4.69, 9.17) is 22.1 Å². The van der Waals surface area contributed by atoms with Gasteiger partial charge in [-0.1, -0.05) is 29.3 Å². The Balaban J connectivity index is 1.77. The highest BCUT2D eigenvalue weighted by Crippen LogP contribution is 2.33. The number of guanidine groups is 1. The summed E-state index contributed by atoms with van der Waals surface area (Å²) in [6.07, 6.45) is -3.32. The van der Waals surface area contributed by atoms with Crippen molar-refractivity contribution >= 4 is 23.2 Å². The maximum atomic E-state index is 12.5. The van der Waals surface area contributed by atoms with Gasteiger partial charge in [0.15, 0.2) is 5.96 Å². The number of aryl methyl sites for hydroxylation is 1. The first-order chi connectivity index (χ1) is 12.3. The number of nitrogens with two attached hydrogens (primary N) is 1. The second-order valence-electron chi connectivity index (χ2n) is 5.47. The summed E-state index contributed by atoms with van der Waals surface area (Å²) in [7, 11) is 0. The molecule has 0 fully saturated rings. The molecule has 0 amide bonds. The topological polar surface area (TPSA) is 72.5 Å². The van der Waals surface area contributed by atoms with Crippen molar-refractivity contribution in [3.05, 3.63) is 52.7 Å². The Morgan fingerprint density at radius 1 is 1.31 bits per heavy atom. The maximum Gasteiger partial charge on any atom is 0.417 e. The molecule has 9 heteroatoms. The SMILES string of the molecule is Cc1ccc(NC(N)=NCCCOc2ncc(C(F)(F)F)cc2Cl)cc1. The lowest BCUT2D eigenvalue weighted by molar-refractivity contribution is -0.137. The molecule has 0 atom stereocenters. The highest BCUT2D eigenvalue weighted by molar-refractivity contribution is 6.31. The molecule has 0 bridgehead atoms. The number of aliphatic imine (C=N–C) groups is 1. The van der Waals surface area contributed by atoms with E-state index in [0.29, 0.717) is 19.2 Å². The predicted molar refractivity (Wildman–Crippen MR) is 95.7 cm³/mol. The quantitative estimate of drug-likeness (QED) is 0.442. The molecule has 0 aliphatic heterocycles. The number of halogens is 4. The molecule has 0 saturated carbocycles. The minimum absolute atomic E-state index is 0.0469. The highest BCUT2D eigenvalue weighted by atomic mass is 35.5. The average molecular weight is 387 g/mol. The molecular formula is C17H18ClF3N4O. The van der Waals surface area contributed by atoms with Gasteiger partial charge in [-0.2, -0.15) is 13.2 Å². The van der Waals surface area contributed by atoms with E-state index in [-0.39, 0.29) is 23.5 Å². The first kappa shape index (κ1) is 19.8. The molecule has 140 valence electrons. The number of ether oxygens (including phenoxy) is 1. The van der Waals surface area contributed by atoms with Gasteiger partial charge in [0, 0.05) is 24.8 Å². The van der Waals surface area contributed by atoms with Gasteiger partial charge in [-0.25, -0.2) is 4.98 Å². The van der Waals surface area contributed by atoms with Crippen LogP contribution in [0.1, 0.15) is 17.5 Å². The molecule has 1 aromatic heterocycles. The van der Waals surface area contributed by atoms with E-state index in [1.165, 1.54) is 0 Å². The van der Waals surface area contributed by atoms with Crippen LogP contribution in [0, 0.1) is 6.92 Å². The molecule has 0 saturated heterocycles. The second kappa shape index (κ2) is 8.75. The minimum atomic E-state index is -4.49. The van der Waals surface area contributed by atoms with E-state index >= 15 is 0 Å². The van der Waals surface area contributed by atoms with Gasteiger partial charge in [0.1, 0.15) is 5.02 Å². The Morgan fingerprint density at radius 3 is 2.62 bits per heavy atom. The number of hydrogen-bond donors (Lipinski definition) is 2. The number of pyridine rings is 1. The monoisotopic (exact) mass is 386 g/mol. The largest absolute Gasteiger partial charge is 0.477 e. The summed E-state index contributed by atoms with van der Waals surface area (Å²) >= 11 is 5.76. The summed E-state index contributed by atoms with van der Waals surface area (Å²) in [5.41, 5.74) is 6.82. The normalized spacial score (nSPS) is 12.1. The van der Waals surface area contributed by atoms with E-state index in [1.54, 1.807) is 0 Å². The van der Waals surface area contributed by atoms with Gasteiger partial charge in [0.25, 0.3) is 0 Å². The Hall–Kier alpha value is -2.48. The van der Waals surface area contributed by atoms with Gasteiger partial charge < -0.3 is 15.8 Å². The van der Waals surface area contributed by atoms with Gasteiger partial charge in [-0.3, -0.25) is 4.99 Å². The van der Waals surface area contributed by atoms with Crippen molar-refractivity contribution in [3.63, 3.8) is 0 Å². The molecule has 0 spiro atoms. The number of anilines is 1. The van der Waals surface area contributed by atoms with Crippen LogP contribution < -0.4 is 15.8 Å². The molecule has 0 radical (unpaired) electrons. The summed E-state index contributed by atoms with van der Waals surface area (Å²) in [6.45, 7) is 2.56. The summed E-state index contributed by atoms with van der Waals surface area (Å²) < 4.78 is 42.9. The van der Waals surface area contributed by atoms with Crippen LogP contribution in [0.5, 0.6) is 5.88 Å². The van der Waals surface area contributed by atoms with E-state index in [9.17, 15) is 13.2 Å². The van der Waals surface area contributed by atoms with E-state index in [1.807, 2.05) is 31.2 Å². The summed E-state index contributed by atoms with van der Waals surface area (Å²) in [4.78, 5) is 7.74. The van der Waals surface area contributed by atoms with Gasteiger partial charge in [0.05, 0.1) is 12.2 Å². The van der Waals surface area contributed by atoms with Crippen LogP contribution >= 0.6 is 11.6 Å². The molecule has 2 rings (SSSR count). The van der Waals surface area contributed by atoms with Crippen LogP contribution in [-0.2, 0) is 6.18 Å². The van der Waals surface area contributed by atoms with Crippen LogP contribution in [0.15, 0.2) is 41.5 Å². The zero-order chi connectivity index (χ0) is 19.2. The molecule has 1 aromatic carbocycles. The van der Waals surface area contributed by atoms with E-state index in [2.05, 4.69) is 15.3 Å². The molecule has 1 heterocycles. The maximum absolute atomic E-state index is 12.5. The molecule has 2 aromatic rings. The Labute approximate surface area is 154 Å². The van der Waals surface area contributed by atoms with Gasteiger partial charge >= 0.3 is 6.18 Å². The lowest BCUT2D eigenvalue weighted by atomic mass is 10.2. The van der Waals surface area contributed by atoms with Crippen molar-refractivity contribution in [2.45, 2.75) is 19.5 Å². The van der Waals surface area contributed by atoms with E-state index < -0.39 is 11.7 Å². The molecule has 0 unspecified atom stereocenters. The van der Waals surface area contributed by atoms with Crippen LogP contribution in [-0.4, -0.2) is 24.1 Å². The fourth-order valence-electron chi connectivity index (χ4n) is 1.94. The zero-order valence-corrected chi connectivity index (χ0v) is 14.7. The average Bonchev–Trinajstić information content (AvgIpc) is 2.57. The smallest absolute Gasteiger partial charge is 0.417 e. The number of nitrogens with one attached hydrogen (secondary N) is 1. The van der Waals surface area contributed by atoms with Crippen molar-refractivity contribution < 1.29 is 17.9 Å². The van der Waals surface area contributed by atoms with Crippen molar-refractivity contribution in [1.82, 2.24) is 4.98 Å². The van der Waals surface area contributed by atoms with Crippen molar-refractivity contribution in [3.8, 4) is 5.88 Å². The lowest BCUT2D eigenvalue weighted by Gasteiger charge is -2.10. The zero-order valence-electron chi connectivity index (χ0n) is 14.0. The Kier molecular flexibility index (Phi) is 6.68. The standard InChI is InChI=1S/C17H18ClF3N4O/c1-11-3-5-13(6-4-11)25-16(22)23-7-2-8-26-15-14(18)9-12(10-24-15)17(19,20)21/h3-6,9-10H,2,7-8H2,1H3,(H3,22,23,25). The minimum Gasteiger partial charge on any atom is -0.477 e. The lowest BCUT2D eigenvalue weighted by Crippen LogP contribution is -2.23. The fraction of sp³-hybridized carbons (Fsp3) is 0.294. The van der Waals surface area contributed by atoms with Gasteiger partial charge in [-0.05, 0) is 25.1 Å². The van der Waals surface area contributed by atoms with Crippen molar-refractivity contribution in [2.75, 3.05) is 18.5 Å². The van der Waals surface area contributed by atoms with Crippen LogP contribution in [0.2, 0.25) is 5.02 Å². The molecule has 0 aliphatic rings. The number of rotatable bonds is 6. The molecule has 0 aliphatic carbocycles. The Morgan fingerprint density at radius 2 is 2.00 bits per heavy atom. The summed E-state index contributed by atoms with van der Waals surface area (Å²) in [5, 5.41) is 2.76. The Bertz CT molecular complexity index is 764. The molecule has 26 heavy (non-hydrogen) atoms. The van der Waals surface area contributed by atoms with E-state index in [0.717, 1.165) is 17.3 Å². The van der Waals surface area contributed by atoms with Crippen LogP contribution in [0.25, 0.3) is 0 Å². The highest BCUT2D eigenvalue weighted by Gasteiger charge is 2.31. The number of hydrogen-bond acceptors (Lipinski definition) is 3. The van der Waals surface area contributed by atoms with Gasteiger partial charge in [-0.15, -0.1) is 0 Å². The number of alkyl halides is 3. The fourth-order valence-corrected chi connectivity index (χ4v) is 2.16. The second-order valence-corrected chi connectivity index (χ2v) is 5.88. The third kappa shape index (κ3) is 6.11. The third-order valence-corrected chi connectivity index (χ3v) is 3.55. The van der Waals surface area contributed by atoms with Gasteiger partial charge in [0.2, 0.25) is 5.88 Å². The third-order valence-electron chi connectivity index (χ3n) is 3.28. The molecule has 3 N–H and O–H groups in total. The van der Waals surface area contributed by atoms with Crippen LogP contribution in [0.4, 0.5) is 18.9 Å². The van der Waals surface area contributed by atoms with Crippen LogP contribution in [0.3, 0.4) is 0 Å². The molecular weight excluding hydrogens is 369 g/mol. The number of aromatic nitrogens is 1. The first-order valence-electron chi connectivity index (χ1n) is 7.75. The van der Waals surface area contributed by atoms with Crippen molar-refractivity contribution in [1.29, 1.82) is 0 Å². The predicted octanol–water partition coefficient (Wildman–Crippen LogP) is 4.26. The summed E-state index contributed by atoms with van der Waals surface area (Å²) in [5.74, 6) is 0.217. The molecule has 5 nitrogen and oxygen atoms in total. The number of benzene rings is 1. The van der Waals surface area contributed by atoms with Crippen molar-refractivity contribution in [2.24, 2.45) is 10.7 Å².